The predicted molar refractivity (Wildman–Crippen MR) is 134 cm³/mol. The summed E-state index contributed by atoms with van der Waals surface area (Å²) < 4.78 is 33.0. The van der Waals surface area contributed by atoms with E-state index in [9.17, 15) is 13.6 Å². The van der Waals surface area contributed by atoms with Crippen molar-refractivity contribution in [1.82, 2.24) is 4.90 Å². The van der Waals surface area contributed by atoms with Crippen LogP contribution in [-0.2, 0) is 20.9 Å². The van der Waals surface area contributed by atoms with Crippen LogP contribution in [0.25, 0.3) is 11.1 Å². The van der Waals surface area contributed by atoms with E-state index in [1.807, 2.05) is 44.2 Å². The number of halogens is 2. The monoisotopic (exact) mass is 506 g/mol. The first-order valence-corrected chi connectivity index (χ1v) is 12.1. The summed E-state index contributed by atoms with van der Waals surface area (Å²) in [6.07, 6.45) is 1.58. The summed E-state index contributed by atoms with van der Waals surface area (Å²) in [6, 6.07) is 18.0. The normalized spacial score (nSPS) is 16.6. The summed E-state index contributed by atoms with van der Waals surface area (Å²) in [5.74, 6) is -1.67. The zero-order valence-electron chi connectivity index (χ0n) is 20.8. The highest BCUT2D eigenvalue weighted by atomic mass is 19.2. The van der Waals surface area contributed by atoms with Crippen LogP contribution in [-0.4, -0.2) is 42.4 Å². The summed E-state index contributed by atoms with van der Waals surface area (Å²) in [5.41, 5.74) is 5.35. The van der Waals surface area contributed by atoms with Gasteiger partial charge in [0.1, 0.15) is 5.60 Å². The maximum atomic E-state index is 13.8. The van der Waals surface area contributed by atoms with Crippen molar-refractivity contribution >= 4 is 17.9 Å². The second-order valence-electron chi connectivity index (χ2n) is 9.57. The number of likely N-dealkylation sites (tertiary alicyclic amines) is 1. The molecule has 0 unspecified atom stereocenters. The number of carbonyl (C=O) groups excluding carboxylic acids is 3. The van der Waals surface area contributed by atoms with Crippen LogP contribution in [0.1, 0.15) is 29.5 Å². The lowest BCUT2D eigenvalue weighted by Crippen LogP contribution is -2.46. The molecule has 0 aliphatic carbocycles. The molecule has 2 aliphatic heterocycles. The molecule has 3 aromatic rings. The summed E-state index contributed by atoms with van der Waals surface area (Å²) in [4.78, 5) is 32.9. The van der Waals surface area contributed by atoms with Crippen molar-refractivity contribution < 1.29 is 27.9 Å². The molecule has 3 aromatic carbocycles. The van der Waals surface area contributed by atoms with Crippen molar-refractivity contribution in [2.75, 3.05) is 24.5 Å². The number of para-hydroxylation sites is 1. The summed E-state index contributed by atoms with van der Waals surface area (Å²) >= 11 is 0. The van der Waals surface area contributed by atoms with Crippen LogP contribution >= 0.6 is 0 Å². The number of ether oxygens (including phenoxy) is 1. The van der Waals surface area contributed by atoms with Crippen molar-refractivity contribution in [3.63, 3.8) is 0 Å². The third kappa shape index (κ3) is 5.77. The number of anilines is 1. The van der Waals surface area contributed by atoms with Crippen molar-refractivity contribution in [1.29, 1.82) is 0 Å². The molecule has 0 aromatic heterocycles. The molecule has 2 heterocycles. The first-order chi connectivity index (χ1) is 17.7. The number of aryl methyl sites for hydroxylation is 2. The smallest absolute Gasteiger partial charge is 0.415 e. The lowest BCUT2D eigenvalue weighted by atomic mass is 9.90. The van der Waals surface area contributed by atoms with Gasteiger partial charge in [-0.1, -0.05) is 36.4 Å². The Bertz CT molecular complexity index is 1290. The molecule has 2 aliphatic rings. The zero-order chi connectivity index (χ0) is 26.6. The average molecular weight is 507 g/mol. The van der Waals surface area contributed by atoms with E-state index in [0.29, 0.717) is 12.1 Å². The summed E-state index contributed by atoms with van der Waals surface area (Å²) in [6.45, 7) is 7.09. The zero-order valence-corrected chi connectivity index (χ0v) is 20.8. The van der Waals surface area contributed by atoms with E-state index in [-0.39, 0.29) is 12.2 Å². The van der Waals surface area contributed by atoms with Crippen LogP contribution in [0.15, 0.2) is 60.7 Å². The van der Waals surface area contributed by atoms with Gasteiger partial charge in [-0.3, -0.25) is 9.80 Å². The van der Waals surface area contributed by atoms with Gasteiger partial charge in [0.15, 0.2) is 11.6 Å². The summed E-state index contributed by atoms with van der Waals surface area (Å²) in [7, 11) is 0. The first kappa shape index (κ1) is 26.2. The predicted octanol–water partition coefficient (Wildman–Crippen LogP) is 5.66. The van der Waals surface area contributed by atoms with Crippen LogP contribution < -0.4 is 4.90 Å². The number of amides is 1. The number of carbonyl (C=O) groups is 1. The molecule has 1 spiro atoms. The molecule has 5 rings (SSSR count). The highest BCUT2D eigenvalue weighted by Crippen LogP contribution is 2.36. The van der Waals surface area contributed by atoms with Crippen molar-refractivity contribution in [2.45, 2.75) is 38.8 Å². The standard InChI is InChI=1S/C28H28F2N2O2.CO2/c1-19-14-21(15-20(2)26(19)22-8-9-24(29)25(30)16-22)17-31-12-10-28(11-13-31)18-32(27(33)34-28)23-6-4-3-5-7-23;2-1-3/h3-9,14-16H,10-13,17-18H2,1-2H3;. The van der Waals surface area contributed by atoms with E-state index < -0.39 is 17.2 Å². The quantitative estimate of drug-likeness (QED) is 0.457. The van der Waals surface area contributed by atoms with Crippen molar-refractivity contribution in [3.05, 3.63) is 89.0 Å². The van der Waals surface area contributed by atoms with Gasteiger partial charge in [-0.25, -0.2) is 13.6 Å². The maximum Gasteiger partial charge on any atom is 0.415 e. The number of piperidine rings is 1. The Morgan fingerprint density at radius 3 is 2.14 bits per heavy atom. The Kier molecular flexibility index (Phi) is 7.81. The van der Waals surface area contributed by atoms with Gasteiger partial charge in [-0.2, -0.15) is 9.59 Å². The molecule has 6 nitrogen and oxygen atoms in total. The fraction of sp³-hybridized carbons (Fsp3) is 0.310. The van der Waals surface area contributed by atoms with Crippen LogP contribution in [0, 0.1) is 25.5 Å². The largest absolute Gasteiger partial charge is 0.441 e. The van der Waals surface area contributed by atoms with E-state index in [1.54, 1.807) is 11.0 Å². The molecule has 0 radical (unpaired) electrons. The van der Waals surface area contributed by atoms with E-state index >= 15 is 0 Å². The van der Waals surface area contributed by atoms with Crippen LogP contribution in [0.4, 0.5) is 19.3 Å². The van der Waals surface area contributed by atoms with Crippen molar-refractivity contribution in [3.8, 4) is 11.1 Å². The first-order valence-electron chi connectivity index (χ1n) is 12.1. The number of hydrogen-bond acceptors (Lipinski definition) is 5. The molecule has 192 valence electrons. The molecular weight excluding hydrogens is 478 g/mol. The Hall–Kier alpha value is -3.87. The van der Waals surface area contributed by atoms with Gasteiger partial charge in [-0.15, -0.1) is 0 Å². The molecule has 0 atom stereocenters. The summed E-state index contributed by atoms with van der Waals surface area (Å²) in [5, 5.41) is 0. The number of nitrogens with zero attached hydrogens (tertiary/aromatic N) is 2. The molecule has 0 N–H and O–H groups in total. The minimum absolute atomic E-state index is 0.250. The fourth-order valence-electron chi connectivity index (χ4n) is 5.32. The Morgan fingerprint density at radius 2 is 1.54 bits per heavy atom. The van der Waals surface area contributed by atoms with E-state index in [4.69, 9.17) is 14.3 Å². The second-order valence-corrected chi connectivity index (χ2v) is 9.57. The average Bonchev–Trinajstić information content (AvgIpc) is 3.19. The van der Waals surface area contributed by atoms with Gasteiger partial charge in [0.2, 0.25) is 0 Å². The van der Waals surface area contributed by atoms with Gasteiger partial charge < -0.3 is 4.74 Å². The third-order valence-corrected chi connectivity index (χ3v) is 7.01. The van der Waals surface area contributed by atoms with Crippen LogP contribution in [0.3, 0.4) is 0 Å². The van der Waals surface area contributed by atoms with Gasteiger partial charge in [-0.05, 0) is 65.9 Å². The lowest BCUT2D eigenvalue weighted by molar-refractivity contribution is -0.191. The molecule has 37 heavy (non-hydrogen) atoms. The Balaban J connectivity index is 0.00000102. The van der Waals surface area contributed by atoms with Gasteiger partial charge in [0.25, 0.3) is 0 Å². The number of benzene rings is 3. The molecule has 2 fully saturated rings. The molecule has 8 heteroatoms. The molecular formula is C29H28F2N2O4. The fourth-order valence-corrected chi connectivity index (χ4v) is 5.32. The lowest BCUT2D eigenvalue weighted by Gasteiger charge is -2.37. The number of hydrogen-bond donors (Lipinski definition) is 0. The van der Waals surface area contributed by atoms with Crippen molar-refractivity contribution in [2.24, 2.45) is 0 Å². The molecule has 0 saturated carbocycles. The Labute approximate surface area is 214 Å². The van der Waals surface area contributed by atoms with E-state index in [1.165, 1.54) is 17.7 Å². The van der Waals surface area contributed by atoms with Gasteiger partial charge >= 0.3 is 12.2 Å². The highest BCUT2D eigenvalue weighted by Gasteiger charge is 2.47. The number of rotatable bonds is 4. The minimum atomic E-state index is -0.835. The second kappa shape index (κ2) is 11.0. The maximum absolute atomic E-state index is 13.8. The van der Waals surface area contributed by atoms with Crippen LogP contribution in [0.2, 0.25) is 0 Å². The SMILES string of the molecule is Cc1cc(CN2CCC3(CC2)CN(c2ccccc2)C(=O)O3)cc(C)c1-c1ccc(F)c(F)c1.O=C=O. The molecule has 0 bridgehead atoms. The van der Waals surface area contributed by atoms with Gasteiger partial charge in [0, 0.05) is 38.2 Å². The minimum Gasteiger partial charge on any atom is -0.441 e. The molecule has 1 amide bonds. The third-order valence-electron chi connectivity index (χ3n) is 7.01. The van der Waals surface area contributed by atoms with E-state index in [0.717, 1.165) is 54.9 Å². The topological polar surface area (TPSA) is 66.9 Å². The van der Waals surface area contributed by atoms with Gasteiger partial charge in [0.05, 0.1) is 6.54 Å². The Morgan fingerprint density at radius 1 is 0.919 bits per heavy atom. The van der Waals surface area contributed by atoms with Crippen LogP contribution in [0.5, 0.6) is 0 Å². The van der Waals surface area contributed by atoms with E-state index in [2.05, 4.69) is 17.0 Å². The highest BCUT2D eigenvalue weighted by molar-refractivity contribution is 5.90. The molecule has 2 saturated heterocycles.